The van der Waals surface area contributed by atoms with Crippen molar-refractivity contribution in [2.24, 2.45) is 0 Å². The molecule has 1 atom stereocenters. The minimum atomic E-state index is 0.268. The summed E-state index contributed by atoms with van der Waals surface area (Å²) in [4.78, 5) is 6.44. The van der Waals surface area contributed by atoms with Gasteiger partial charge in [-0.05, 0) is 32.5 Å². The number of fused-ring (bicyclic) bond motifs is 1. The number of likely N-dealkylation sites (tertiary alicyclic amines) is 1. The van der Waals surface area contributed by atoms with Crippen molar-refractivity contribution in [2.45, 2.75) is 18.9 Å². The van der Waals surface area contributed by atoms with E-state index in [1.807, 2.05) is 18.2 Å². The number of nitrogens with two attached hydrogens (primary N) is 1. The number of ether oxygens (including phenoxy) is 1. The number of aromatic nitrogens is 3. The van der Waals surface area contributed by atoms with Gasteiger partial charge in [-0.1, -0.05) is 6.07 Å². The number of hydrogen-bond acceptors (Lipinski definition) is 5. The molecule has 1 saturated heterocycles. The lowest BCUT2D eigenvalue weighted by Gasteiger charge is -2.19. The fraction of sp³-hybridized carbons (Fsp3) is 0.500. The molecule has 3 heterocycles. The molecule has 0 bridgehead atoms. The van der Waals surface area contributed by atoms with Gasteiger partial charge in [0.25, 0.3) is 0 Å². The number of hydrogen-bond donors (Lipinski definition) is 1. The second kappa shape index (κ2) is 4.45. The number of pyridine rings is 1. The smallest absolute Gasteiger partial charge is 0.240 e. The molecule has 0 aliphatic carbocycles. The lowest BCUT2D eigenvalue weighted by Crippen LogP contribution is -2.30. The summed E-state index contributed by atoms with van der Waals surface area (Å²) in [5.41, 5.74) is 6.31. The van der Waals surface area contributed by atoms with Gasteiger partial charge >= 0.3 is 0 Å². The number of anilines is 1. The first-order valence-electron chi connectivity index (χ1n) is 6.18. The minimum Gasteiger partial charge on any atom is -0.476 e. The zero-order chi connectivity index (χ0) is 12.5. The first kappa shape index (κ1) is 11.3. The van der Waals surface area contributed by atoms with Crippen LogP contribution in [0.1, 0.15) is 12.8 Å². The van der Waals surface area contributed by atoms with E-state index in [0.717, 1.165) is 6.54 Å². The van der Waals surface area contributed by atoms with Gasteiger partial charge in [-0.25, -0.2) is 0 Å². The van der Waals surface area contributed by atoms with Crippen LogP contribution in [0, 0.1) is 0 Å². The highest BCUT2D eigenvalue weighted by Gasteiger charge is 2.21. The summed E-state index contributed by atoms with van der Waals surface area (Å²) in [6, 6.07) is 6.13. The third-order valence-electron chi connectivity index (χ3n) is 3.44. The maximum atomic E-state index is 5.85. The normalized spacial score (nSPS) is 20.6. The Morgan fingerprint density at radius 2 is 2.39 bits per heavy atom. The van der Waals surface area contributed by atoms with Crippen LogP contribution in [-0.4, -0.2) is 45.7 Å². The molecule has 6 nitrogen and oxygen atoms in total. The Hall–Kier alpha value is -1.82. The molecule has 2 N–H and O–H groups in total. The van der Waals surface area contributed by atoms with Crippen molar-refractivity contribution in [3.8, 4) is 5.88 Å². The highest BCUT2D eigenvalue weighted by Crippen LogP contribution is 2.18. The predicted molar refractivity (Wildman–Crippen MR) is 68.5 cm³/mol. The summed E-state index contributed by atoms with van der Waals surface area (Å²) >= 11 is 0. The summed E-state index contributed by atoms with van der Waals surface area (Å²) in [5.74, 6) is 0.959. The van der Waals surface area contributed by atoms with Crippen LogP contribution in [0.15, 0.2) is 18.2 Å². The second-order valence-corrected chi connectivity index (χ2v) is 4.69. The van der Waals surface area contributed by atoms with E-state index in [4.69, 9.17) is 10.5 Å². The molecule has 96 valence electrons. The van der Waals surface area contributed by atoms with Crippen LogP contribution in [0.5, 0.6) is 5.88 Å². The van der Waals surface area contributed by atoms with Crippen molar-refractivity contribution in [3.05, 3.63) is 18.2 Å². The molecule has 1 unspecified atom stereocenters. The van der Waals surface area contributed by atoms with Gasteiger partial charge in [0.2, 0.25) is 11.8 Å². The Kier molecular flexibility index (Phi) is 2.79. The molecule has 1 fully saturated rings. The van der Waals surface area contributed by atoms with Gasteiger partial charge in [-0.3, -0.25) is 0 Å². The summed E-state index contributed by atoms with van der Waals surface area (Å²) in [6.45, 7) is 1.82. The summed E-state index contributed by atoms with van der Waals surface area (Å²) in [7, 11) is 2.13. The SMILES string of the molecule is CN1CCCC1COc1cccc2nc(N)nn12. The van der Waals surface area contributed by atoms with Crippen LogP contribution in [-0.2, 0) is 0 Å². The van der Waals surface area contributed by atoms with Gasteiger partial charge in [-0.2, -0.15) is 9.50 Å². The third-order valence-corrected chi connectivity index (χ3v) is 3.44. The molecule has 0 saturated carbocycles. The highest BCUT2D eigenvalue weighted by atomic mass is 16.5. The average molecular weight is 247 g/mol. The standard InChI is InChI=1S/C12H17N5O/c1-16-7-3-4-9(16)8-18-11-6-2-5-10-14-12(13)15-17(10)11/h2,5-6,9H,3-4,7-8H2,1H3,(H2,13,15). The lowest BCUT2D eigenvalue weighted by atomic mass is 10.2. The van der Waals surface area contributed by atoms with Crippen LogP contribution < -0.4 is 10.5 Å². The monoisotopic (exact) mass is 247 g/mol. The van der Waals surface area contributed by atoms with Gasteiger partial charge in [0.1, 0.15) is 6.61 Å². The molecule has 2 aromatic rings. The van der Waals surface area contributed by atoms with Crippen LogP contribution in [0.25, 0.3) is 5.65 Å². The van der Waals surface area contributed by atoms with E-state index in [1.165, 1.54) is 12.8 Å². The molecule has 3 rings (SSSR count). The van der Waals surface area contributed by atoms with Crippen LogP contribution in [0.4, 0.5) is 5.95 Å². The Bertz CT molecular complexity index is 552. The largest absolute Gasteiger partial charge is 0.476 e. The van der Waals surface area contributed by atoms with Crippen LogP contribution in [0.2, 0.25) is 0 Å². The van der Waals surface area contributed by atoms with E-state index in [-0.39, 0.29) is 5.95 Å². The zero-order valence-electron chi connectivity index (χ0n) is 10.4. The lowest BCUT2D eigenvalue weighted by molar-refractivity contribution is 0.190. The van der Waals surface area contributed by atoms with E-state index in [2.05, 4.69) is 22.0 Å². The first-order valence-corrected chi connectivity index (χ1v) is 6.18. The molecule has 6 heteroatoms. The Morgan fingerprint density at radius 3 is 3.17 bits per heavy atom. The van der Waals surface area contributed by atoms with Crippen LogP contribution >= 0.6 is 0 Å². The van der Waals surface area contributed by atoms with Crippen molar-refractivity contribution in [3.63, 3.8) is 0 Å². The maximum absolute atomic E-state index is 5.85. The molecule has 18 heavy (non-hydrogen) atoms. The van der Waals surface area contributed by atoms with E-state index in [1.54, 1.807) is 4.52 Å². The van der Waals surface area contributed by atoms with Crippen molar-refractivity contribution in [1.82, 2.24) is 19.5 Å². The zero-order valence-corrected chi connectivity index (χ0v) is 10.4. The predicted octanol–water partition coefficient (Wildman–Crippen LogP) is 0.784. The molecule has 1 aliphatic heterocycles. The fourth-order valence-corrected chi connectivity index (χ4v) is 2.38. The van der Waals surface area contributed by atoms with Crippen molar-refractivity contribution in [1.29, 1.82) is 0 Å². The molecule has 0 aromatic carbocycles. The van der Waals surface area contributed by atoms with Crippen molar-refractivity contribution in [2.75, 3.05) is 25.9 Å². The number of likely N-dealkylation sites (N-methyl/N-ethyl adjacent to an activating group) is 1. The van der Waals surface area contributed by atoms with Gasteiger partial charge in [0, 0.05) is 12.1 Å². The highest BCUT2D eigenvalue weighted by molar-refractivity contribution is 5.44. The van der Waals surface area contributed by atoms with E-state index in [0.29, 0.717) is 24.2 Å². The molecule has 0 spiro atoms. The summed E-state index contributed by atoms with van der Waals surface area (Å²) in [6.07, 6.45) is 2.43. The number of nitrogen functional groups attached to an aromatic ring is 1. The summed E-state index contributed by atoms with van der Waals surface area (Å²) < 4.78 is 7.49. The third kappa shape index (κ3) is 1.99. The Morgan fingerprint density at radius 1 is 1.50 bits per heavy atom. The van der Waals surface area contributed by atoms with Gasteiger partial charge in [0.15, 0.2) is 5.65 Å². The molecule has 1 aliphatic rings. The molecule has 2 aromatic heterocycles. The topological polar surface area (TPSA) is 68.7 Å². The van der Waals surface area contributed by atoms with E-state index in [9.17, 15) is 0 Å². The van der Waals surface area contributed by atoms with Gasteiger partial charge in [-0.15, -0.1) is 5.10 Å². The van der Waals surface area contributed by atoms with Gasteiger partial charge in [0.05, 0.1) is 0 Å². The number of nitrogens with zero attached hydrogens (tertiary/aromatic N) is 4. The molecule has 0 amide bonds. The van der Waals surface area contributed by atoms with Crippen molar-refractivity contribution < 1.29 is 4.74 Å². The first-order chi connectivity index (χ1) is 8.74. The second-order valence-electron chi connectivity index (χ2n) is 4.69. The van der Waals surface area contributed by atoms with Crippen LogP contribution in [0.3, 0.4) is 0 Å². The van der Waals surface area contributed by atoms with E-state index >= 15 is 0 Å². The minimum absolute atomic E-state index is 0.268. The van der Waals surface area contributed by atoms with Crippen molar-refractivity contribution >= 4 is 11.6 Å². The molecule has 0 radical (unpaired) electrons. The van der Waals surface area contributed by atoms with Gasteiger partial charge < -0.3 is 15.4 Å². The Balaban J connectivity index is 1.78. The Labute approximate surface area is 105 Å². The quantitative estimate of drug-likeness (QED) is 0.868. The fourth-order valence-electron chi connectivity index (χ4n) is 2.38. The maximum Gasteiger partial charge on any atom is 0.240 e. The summed E-state index contributed by atoms with van der Waals surface area (Å²) in [5, 5.41) is 4.12. The number of rotatable bonds is 3. The molecular weight excluding hydrogens is 230 g/mol. The average Bonchev–Trinajstić information content (AvgIpc) is 2.91. The van der Waals surface area contributed by atoms with E-state index < -0.39 is 0 Å². The molecular formula is C12H17N5O.